The minimum absolute atomic E-state index is 0.0613. The summed E-state index contributed by atoms with van der Waals surface area (Å²) in [7, 11) is 1.59. The van der Waals surface area contributed by atoms with Gasteiger partial charge in [0.25, 0.3) is 0 Å². The number of benzene rings is 3. The molecule has 0 fully saturated rings. The Morgan fingerprint density at radius 3 is 1.58 bits per heavy atom. The number of carbonyl (C=O) groups excluding carboxylic acids is 1. The predicted octanol–water partition coefficient (Wildman–Crippen LogP) is 4.42. The molecule has 4 heteroatoms. The van der Waals surface area contributed by atoms with E-state index >= 15 is 0 Å². The molecule has 0 aliphatic carbocycles. The van der Waals surface area contributed by atoms with Gasteiger partial charge in [0.1, 0.15) is 23.0 Å². The zero-order valence-corrected chi connectivity index (χ0v) is 13.1. The van der Waals surface area contributed by atoms with Crippen LogP contribution in [0.15, 0.2) is 72.8 Å². The zero-order chi connectivity index (χ0) is 16.9. The minimum atomic E-state index is -0.0613. The predicted molar refractivity (Wildman–Crippen MR) is 91.0 cm³/mol. The van der Waals surface area contributed by atoms with Crippen LogP contribution in [-0.4, -0.2) is 18.0 Å². The van der Waals surface area contributed by atoms with Crippen molar-refractivity contribution >= 4 is 5.78 Å². The van der Waals surface area contributed by atoms with Gasteiger partial charge in [0, 0.05) is 11.1 Å². The van der Waals surface area contributed by atoms with Crippen LogP contribution in [0.4, 0.5) is 0 Å². The molecule has 0 saturated heterocycles. The van der Waals surface area contributed by atoms with Crippen LogP contribution < -0.4 is 9.47 Å². The van der Waals surface area contributed by atoms with Gasteiger partial charge < -0.3 is 14.6 Å². The topological polar surface area (TPSA) is 55.8 Å². The molecule has 3 aromatic carbocycles. The summed E-state index contributed by atoms with van der Waals surface area (Å²) >= 11 is 0. The largest absolute Gasteiger partial charge is 0.508 e. The van der Waals surface area contributed by atoms with Crippen LogP contribution in [0, 0.1) is 0 Å². The standard InChI is InChI=1S/C20H16O4/c1-23-17-8-2-14(3-9-17)20(22)15-4-10-18(11-5-15)24-19-12-6-16(21)7-13-19/h2-13,21H,1H3. The number of ether oxygens (including phenoxy) is 2. The Bertz CT molecular complexity index is 819. The van der Waals surface area contributed by atoms with E-state index in [1.54, 1.807) is 79.9 Å². The summed E-state index contributed by atoms with van der Waals surface area (Å²) in [5, 5.41) is 9.26. The van der Waals surface area contributed by atoms with Gasteiger partial charge in [-0.05, 0) is 72.8 Å². The van der Waals surface area contributed by atoms with Crippen molar-refractivity contribution in [2.75, 3.05) is 7.11 Å². The Morgan fingerprint density at radius 2 is 1.12 bits per heavy atom. The molecule has 0 atom stereocenters. The van der Waals surface area contributed by atoms with E-state index in [0.717, 1.165) is 0 Å². The number of aromatic hydroxyl groups is 1. The summed E-state index contributed by atoms with van der Waals surface area (Å²) < 4.78 is 10.8. The van der Waals surface area contributed by atoms with Gasteiger partial charge >= 0.3 is 0 Å². The summed E-state index contributed by atoms with van der Waals surface area (Å²) in [5.74, 6) is 2.06. The first-order chi connectivity index (χ1) is 11.7. The molecule has 4 nitrogen and oxygen atoms in total. The van der Waals surface area contributed by atoms with E-state index in [0.29, 0.717) is 28.4 Å². The van der Waals surface area contributed by atoms with E-state index < -0.39 is 0 Å². The maximum absolute atomic E-state index is 12.4. The van der Waals surface area contributed by atoms with Crippen LogP contribution >= 0.6 is 0 Å². The fourth-order valence-electron chi connectivity index (χ4n) is 2.23. The van der Waals surface area contributed by atoms with Crippen LogP contribution in [0.1, 0.15) is 15.9 Å². The molecule has 0 spiro atoms. The molecule has 0 aromatic heterocycles. The highest BCUT2D eigenvalue weighted by molar-refractivity contribution is 6.09. The summed E-state index contributed by atoms with van der Waals surface area (Å²) in [4.78, 5) is 12.4. The number of phenolic OH excluding ortho intramolecular Hbond substituents is 1. The van der Waals surface area contributed by atoms with Crippen molar-refractivity contribution in [3.63, 3.8) is 0 Å². The fraction of sp³-hybridized carbons (Fsp3) is 0.0500. The summed E-state index contributed by atoms with van der Waals surface area (Å²) in [5.41, 5.74) is 1.18. The maximum atomic E-state index is 12.4. The van der Waals surface area contributed by atoms with E-state index in [4.69, 9.17) is 9.47 Å². The van der Waals surface area contributed by atoms with E-state index in [-0.39, 0.29) is 11.5 Å². The van der Waals surface area contributed by atoms with E-state index in [9.17, 15) is 9.90 Å². The molecular weight excluding hydrogens is 304 g/mol. The monoisotopic (exact) mass is 320 g/mol. The van der Waals surface area contributed by atoms with Crippen LogP contribution in [0.25, 0.3) is 0 Å². The van der Waals surface area contributed by atoms with Crippen molar-refractivity contribution in [3.05, 3.63) is 83.9 Å². The Kier molecular flexibility index (Phi) is 4.47. The Balaban J connectivity index is 1.73. The van der Waals surface area contributed by atoms with Crippen molar-refractivity contribution in [1.29, 1.82) is 0 Å². The third-order valence-corrected chi connectivity index (χ3v) is 3.54. The highest BCUT2D eigenvalue weighted by Crippen LogP contribution is 2.24. The number of ketones is 1. The lowest BCUT2D eigenvalue weighted by molar-refractivity contribution is 0.103. The fourth-order valence-corrected chi connectivity index (χ4v) is 2.23. The second-order valence-corrected chi connectivity index (χ2v) is 5.18. The first kappa shape index (κ1) is 15.6. The molecule has 0 saturated carbocycles. The van der Waals surface area contributed by atoms with Crippen LogP contribution in [0.3, 0.4) is 0 Å². The second-order valence-electron chi connectivity index (χ2n) is 5.18. The van der Waals surface area contributed by atoms with Crippen molar-refractivity contribution in [2.45, 2.75) is 0 Å². The van der Waals surface area contributed by atoms with Gasteiger partial charge in [0.2, 0.25) is 0 Å². The van der Waals surface area contributed by atoms with Gasteiger partial charge in [-0.1, -0.05) is 0 Å². The van der Waals surface area contributed by atoms with Gasteiger partial charge in [-0.15, -0.1) is 0 Å². The van der Waals surface area contributed by atoms with Gasteiger partial charge in [0.15, 0.2) is 5.78 Å². The van der Waals surface area contributed by atoms with Crippen LogP contribution in [-0.2, 0) is 0 Å². The molecule has 120 valence electrons. The zero-order valence-electron chi connectivity index (χ0n) is 13.1. The Labute approximate surface area is 139 Å². The van der Waals surface area contributed by atoms with Crippen molar-refractivity contribution < 1.29 is 19.4 Å². The molecule has 0 radical (unpaired) electrons. The molecule has 0 aliphatic rings. The number of hydrogen-bond acceptors (Lipinski definition) is 4. The molecule has 3 rings (SSSR count). The average molecular weight is 320 g/mol. The molecule has 24 heavy (non-hydrogen) atoms. The lowest BCUT2D eigenvalue weighted by Crippen LogP contribution is -2.01. The summed E-state index contributed by atoms with van der Waals surface area (Å²) in [6.45, 7) is 0. The third kappa shape index (κ3) is 3.55. The lowest BCUT2D eigenvalue weighted by Gasteiger charge is -2.07. The number of methoxy groups -OCH3 is 1. The van der Waals surface area contributed by atoms with Gasteiger partial charge in [0.05, 0.1) is 7.11 Å². The Morgan fingerprint density at radius 1 is 0.708 bits per heavy atom. The second kappa shape index (κ2) is 6.87. The third-order valence-electron chi connectivity index (χ3n) is 3.54. The number of hydrogen-bond donors (Lipinski definition) is 1. The highest BCUT2D eigenvalue weighted by Gasteiger charge is 2.09. The minimum Gasteiger partial charge on any atom is -0.508 e. The highest BCUT2D eigenvalue weighted by atomic mass is 16.5. The molecule has 1 N–H and O–H groups in total. The smallest absolute Gasteiger partial charge is 0.193 e. The molecule has 0 heterocycles. The van der Waals surface area contributed by atoms with Crippen molar-refractivity contribution in [3.8, 4) is 23.0 Å². The van der Waals surface area contributed by atoms with Crippen LogP contribution in [0.5, 0.6) is 23.0 Å². The molecule has 0 bridgehead atoms. The van der Waals surface area contributed by atoms with Crippen molar-refractivity contribution in [2.24, 2.45) is 0 Å². The van der Waals surface area contributed by atoms with Crippen LogP contribution in [0.2, 0.25) is 0 Å². The SMILES string of the molecule is COc1ccc(C(=O)c2ccc(Oc3ccc(O)cc3)cc2)cc1. The normalized spacial score (nSPS) is 10.2. The summed E-state index contributed by atoms with van der Waals surface area (Å²) in [6, 6.07) is 20.4. The number of rotatable bonds is 5. The first-order valence-corrected chi connectivity index (χ1v) is 7.41. The maximum Gasteiger partial charge on any atom is 0.193 e. The van der Waals surface area contributed by atoms with Gasteiger partial charge in [-0.2, -0.15) is 0 Å². The molecule has 0 unspecified atom stereocenters. The number of carbonyl (C=O) groups is 1. The quantitative estimate of drug-likeness (QED) is 0.707. The molecule has 0 amide bonds. The van der Waals surface area contributed by atoms with E-state index in [2.05, 4.69) is 0 Å². The molecule has 0 aliphatic heterocycles. The number of phenols is 1. The van der Waals surface area contributed by atoms with Crippen molar-refractivity contribution in [1.82, 2.24) is 0 Å². The molecule has 3 aromatic rings. The average Bonchev–Trinajstić information content (AvgIpc) is 2.64. The van der Waals surface area contributed by atoms with Gasteiger partial charge in [-0.25, -0.2) is 0 Å². The lowest BCUT2D eigenvalue weighted by atomic mass is 10.0. The molecular formula is C20H16O4. The van der Waals surface area contributed by atoms with E-state index in [1.807, 2.05) is 0 Å². The summed E-state index contributed by atoms with van der Waals surface area (Å²) in [6.07, 6.45) is 0. The van der Waals surface area contributed by atoms with E-state index in [1.165, 1.54) is 0 Å². The van der Waals surface area contributed by atoms with Gasteiger partial charge in [-0.3, -0.25) is 4.79 Å². The Hall–Kier alpha value is -3.27. The first-order valence-electron chi connectivity index (χ1n) is 7.41.